The van der Waals surface area contributed by atoms with Gasteiger partial charge >= 0.3 is 0 Å². The van der Waals surface area contributed by atoms with Crippen molar-refractivity contribution in [3.8, 4) is 11.1 Å². The zero-order chi connectivity index (χ0) is 26.1. The number of nitrogens with one attached hydrogen (secondary N) is 1. The summed E-state index contributed by atoms with van der Waals surface area (Å²) >= 11 is 0. The number of aromatic nitrogens is 1. The fourth-order valence-corrected chi connectivity index (χ4v) is 5.67. The summed E-state index contributed by atoms with van der Waals surface area (Å²) in [6.07, 6.45) is 2.35. The molecule has 0 radical (unpaired) electrons. The summed E-state index contributed by atoms with van der Waals surface area (Å²) in [5.74, 6) is 0. The maximum Gasteiger partial charge on any atom is 0.0469 e. The molecule has 38 heavy (non-hydrogen) atoms. The molecule has 188 valence electrons. The molecule has 0 atom stereocenters. The minimum atomic E-state index is 0.153. The summed E-state index contributed by atoms with van der Waals surface area (Å²) in [6, 6.07) is 43.8. The SMILES string of the molecule is CCCC(C)(C)c1ccc2[nH]c3ccc(N(c4ccccc4)c4ccc(-c5ccccc5)cc4)cc3c2c1. The van der Waals surface area contributed by atoms with Crippen LogP contribution in [-0.2, 0) is 5.41 Å². The molecule has 0 amide bonds. The summed E-state index contributed by atoms with van der Waals surface area (Å²) in [5, 5.41) is 2.55. The van der Waals surface area contributed by atoms with Gasteiger partial charge in [0.1, 0.15) is 0 Å². The highest BCUT2D eigenvalue weighted by atomic mass is 15.1. The Hall–Kier alpha value is -4.30. The van der Waals surface area contributed by atoms with Crippen molar-refractivity contribution in [2.45, 2.75) is 39.0 Å². The monoisotopic (exact) mass is 494 g/mol. The van der Waals surface area contributed by atoms with E-state index in [-0.39, 0.29) is 5.41 Å². The molecule has 0 aliphatic carbocycles. The van der Waals surface area contributed by atoms with E-state index in [9.17, 15) is 0 Å². The van der Waals surface area contributed by atoms with Crippen LogP contribution < -0.4 is 4.90 Å². The Balaban J connectivity index is 1.47. The predicted octanol–water partition coefficient (Wildman–Crippen LogP) is 10.5. The molecule has 0 unspecified atom stereocenters. The van der Waals surface area contributed by atoms with Crippen molar-refractivity contribution in [3.63, 3.8) is 0 Å². The van der Waals surface area contributed by atoms with E-state index in [0.29, 0.717) is 0 Å². The van der Waals surface area contributed by atoms with Crippen molar-refractivity contribution in [3.05, 3.63) is 127 Å². The lowest BCUT2D eigenvalue weighted by Crippen LogP contribution is -2.16. The standard InChI is InChI=1S/C36H34N2/c1-4-23-36(2,3)28-17-21-34-32(24-28)33-25-31(20-22-35(33)37-34)38(29-13-9-6-10-14-29)30-18-15-27(16-19-30)26-11-7-5-8-12-26/h5-22,24-25,37H,4,23H2,1-3H3. The fourth-order valence-electron chi connectivity index (χ4n) is 5.67. The Morgan fingerprint density at radius 3 is 1.82 bits per heavy atom. The lowest BCUT2D eigenvalue weighted by molar-refractivity contribution is 0.473. The lowest BCUT2D eigenvalue weighted by atomic mass is 9.80. The molecule has 1 heterocycles. The topological polar surface area (TPSA) is 19.0 Å². The predicted molar refractivity (Wildman–Crippen MR) is 164 cm³/mol. The molecule has 5 aromatic carbocycles. The summed E-state index contributed by atoms with van der Waals surface area (Å²) in [6.45, 7) is 6.98. The van der Waals surface area contributed by atoms with Crippen molar-refractivity contribution in [2.24, 2.45) is 0 Å². The van der Waals surface area contributed by atoms with Crippen LogP contribution in [0.3, 0.4) is 0 Å². The number of fused-ring (bicyclic) bond motifs is 3. The molecule has 0 aliphatic rings. The van der Waals surface area contributed by atoms with Crippen LogP contribution in [0, 0.1) is 0 Å². The Morgan fingerprint density at radius 1 is 0.579 bits per heavy atom. The van der Waals surface area contributed by atoms with Gasteiger partial charge in [-0.2, -0.15) is 0 Å². The number of hydrogen-bond acceptors (Lipinski definition) is 1. The van der Waals surface area contributed by atoms with Gasteiger partial charge in [0.05, 0.1) is 0 Å². The van der Waals surface area contributed by atoms with Gasteiger partial charge in [-0.15, -0.1) is 0 Å². The smallest absolute Gasteiger partial charge is 0.0469 e. The first-order valence-electron chi connectivity index (χ1n) is 13.6. The molecular weight excluding hydrogens is 460 g/mol. The van der Waals surface area contributed by atoms with Crippen LogP contribution in [0.5, 0.6) is 0 Å². The molecule has 0 aliphatic heterocycles. The van der Waals surface area contributed by atoms with Gasteiger partial charge in [0.25, 0.3) is 0 Å². The van der Waals surface area contributed by atoms with Gasteiger partial charge in [0.2, 0.25) is 0 Å². The summed E-state index contributed by atoms with van der Waals surface area (Å²) in [5.41, 5.74) is 9.78. The van der Waals surface area contributed by atoms with Gasteiger partial charge in [0, 0.05) is 38.9 Å². The molecule has 1 aromatic heterocycles. The minimum absolute atomic E-state index is 0.153. The van der Waals surface area contributed by atoms with E-state index in [1.54, 1.807) is 0 Å². The van der Waals surface area contributed by atoms with Crippen LogP contribution in [-0.4, -0.2) is 4.98 Å². The number of H-pyrrole nitrogens is 1. The number of benzene rings is 5. The Bertz CT molecular complexity index is 1680. The van der Waals surface area contributed by atoms with Crippen LogP contribution >= 0.6 is 0 Å². The van der Waals surface area contributed by atoms with E-state index >= 15 is 0 Å². The van der Waals surface area contributed by atoms with Gasteiger partial charge in [-0.1, -0.05) is 93.9 Å². The number of nitrogens with zero attached hydrogens (tertiary/aromatic N) is 1. The van der Waals surface area contributed by atoms with Crippen LogP contribution in [0.25, 0.3) is 32.9 Å². The molecule has 6 aromatic rings. The van der Waals surface area contributed by atoms with Gasteiger partial charge in [0.15, 0.2) is 0 Å². The van der Waals surface area contributed by atoms with Crippen molar-refractivity contribution >= 4 is 38.9 Å². The van der Waals surface area contributed by atoms with Gasteiger partial charge in [-0.25, -0.2) is 0 Å². The van der Waals surface area contributed by atoms with Crippen molar-refractivity contribution in [1.82, 2.24) is 4.98 Å². The number of rotatable bonds is 7. The number of para-hydroxylation sites is 1. The maximum atomic E-state index is 3.64. The lowest BCUT2D eigenvalue weighted by Gasteiger charge is -2.26. The first-order chi connectivity index (χ1) is 18.5. The molecule has 0 fully saturated rings. The van der Waals surface area contributed by atoms with E-state index in [1.807, 2.05) is 0 Å². The summed E-state index contributed by atoms with van der Waals surface area (Å²) in [4.78, 5) is 5.99. The third kappa shape index (κ3) is 4.48. The molecular formula is C36H34N2. The zero-order valence-electron chi connectivity index (χ0n) is 22.4. The first-order valence-corrected chi connectivity index (χ1v) is 13.6. The highest BCUT2D eigenvalue weighted by Gasteiger charge is 2.21. The zero-order valence-corrected chi connectivity index (χ0v) is 22.4. The molecule has 1 N–H and O–H groups in total. The van der Waals surface area contributed by atoms with Gasteiger partial charge in [-0.05, 0) is 83.1 Å². The van der Waals surface area contributed by atoms with Crippen molar-refractivity contribution in [1.29, 1.82) is 0 Å². The highest BCUT2D eigenvalue weighted by molar-refractivity contribution is 6.09. The fraction of sp³-hybridized carbons (Fsp3) is 0.167. The number of anilines is 3. The Labute approximate surface area is 225 Å². The molecule has 0 saturated carbocycles. The van der Waals surface area contributed by atoms with Crippen LogP contribution in [0.4, 0.5) is 17.1 Å². The normalized spacial score (nSPS) is 11.8. The second-order valence-corrected chi connectivity index (χ2v) is 10.8. The number of hydrogen-bond donors (Lipinski definition) is 1. The van der Waals surface area contributed by atoms with E-state index in [0.717, 1.165) is 17.1 Å². The molecule has 6 rings (SSSR count). The summed E-state index contributed by atoms with van der Waals surface area (Å²) < 4.78 is 0. The average Bonchev–Trinajstić information content (AvgIpc) is 3.32. The maximum absolute atomic E-state index is 3.64. The average molecular weight is 495 g/mol. The largest absolute Gasteiger partial charge is 0.355 e. The quantitative estimate of drug-likeness (QED) is 0.234. The van der Waals surface area contributed by atoms with Crippen LogP contribution in [0.15, 0.2) is 121 Å². The van der Waals surface area contributed by atoms with Gasteiger partial charge < -0.3 is 9.88 Å². The van der Waals surface area contributed by atoms with E-state index < -0.39 is 0 Å². The Morgan fingerprint density at radius 2 is 1.13 bits per heavy atom. The van der Waals surface area contributed by atoms with Crippen LogP contribution in [0.2, 0.25) is 0 Å². The highest BCUT2D eigenvalue weighted by Crippen LogP contribution is 2.39. The van der Waals surface area contributed by atoms with Crippen LogP contribution in [0.1, 0.15) is 39.2 Å². The molecule has 0 saturated heterocycles. The van der Waals surface area contributed by atoms with E-state index in [2.05, 4.69) is 152 Å². The molecule has 0 spiro atoms. The third-order valence-electron chi connectivity index (χ3n) is 7.74. The van der Waals surface area contributed by atoms with Crippen molar-refractivity contribution < 1.29 is 0 Å². The van der Waals surface area contributed by atoms with E-state index in [1.165, 1.54) is 51.3 Å². The minimum Gasteiger partial charge on any atom is -0.355 e. The number of aromatic amines is 1. The summed E-state index contributed by atoms with van der Waals surface area (Å²) in [7, 11) is 0. The molecule has 0 bridgehead atoms. The first kappa shape index (κ1) is 24.1. The van der Waals surface area contributed by atoms with Crippen molar-refractivity contribution in [2.75, 3.05) is 4.90 Å². The van der Waals surface area contributed by atoms with Gasteiger partial charge in [-0.3, -0.25) is 0 Å². The van der Waals surface area contributed by atoms with E-state index in [4.69, 9.17) is 0 Å². The molecule has 2 heteroatoms. The Kier molecular flexibility index (Phi) is 6.25. The molecule has 2 nitrogen and oxygen atoms in total. The second-order valence-electron chi connectivity index (χ2n) is 10.8. The third-order valence-corrected chi connectivity index (χ3v) is 7.74. The second kappa shape index (κ2) is 9.87.